The first-order valence-corrected chi connectivity index (χ1v) is 5.82. The molecule has 0 heterocycles. The van der Waals surface area contributed by atoms with Crippen molar-refractivity contribution < 1.29 is 4.79 Å². The topological polar surface area (TPSA) is 82.2 Å². The number of nitrogens with one attached hydrogen (secondary N) is 1. The Kier molecular flexibility index (Phi) is 5.85. The van der Waals surface area contributed by atoms with Crippen molar-refractivity contribution >= 4 is 5.91 Å². The Hall–Kier alpha value is -1.90. The third-order valence-corrected chi connectivity index (χ3v) is 2.61. The van der Waals surface area contributed by atoms with Crippen LogP contribution in [0, 0.1) is 11.3 Å². The third-order valence-electron chi connectivity index (χ3n) is 2.61. The van der Waals surface area contributed by atoms with Crippen molar-refractivity contribution in [2.45, 2.75) is 19.4 Å². The molecule has 18 heavy (non-hydrogen) atoms. The summed E-state index contributed by atoms with van der Waals surface area (Å²) < 4.78 is 0. The van der Waals surface area contributed by atoms with Gasteiger partial charge in [0.05, 0.1) is 11.6 Å². The summed E-state index contributed by atoms with van der Waals surface area (Å²) in [6.45, 7) is 1.57. The number of nitrogens with zero attached hydrogens (tertiary/aromatic N) is 2. The zero-order valence-corrected chi connectivity index (χ0v) is 10.5. The average Bonchev–Trinajstić information content (AvgIpc) is 2.38. The monoisotopic (exact) mass is 246 g/mol. The lowest BCUT2D eigenvalue weighted by molar-refractivity contribution is -0.121. The predicted octanol–water partition coefficient (Wildman–Crippen LogP) is 0.760. The van der Waals surface area contributed by atoms with Gasteiger partial charge in [0.25, 0.3) is 0 Å². The van der Waals surface area contributed by atoms with Crippen molar-refractivity contribution in [3.05, 3.63) is 35.4 Å². The lowest BCUT2D eigenvalue weighted by atomic mass is 10.1. The second-order valence-corrected chi connectivity index (χ2v) is 4.22. The summed E-state index contributed by atoms with van der Waals surface area (Å²) in [6, 6.07) is 9.65. The largest absolute Gasteiger partial charge is 0.302 e. The van der Waals surface area contributed by atoms with Gasteiger partial charge in [0.1, 0.15) is 0 Å². The number of hydrazine groups is 1. The molecule has 0 unspecified atom stereocenters. The molecule has 0 saturated carbocycles. The molecular formula is C13H18N4O. The Labute approximate surface area is 107 Å². The van der Waals surface area contributed by atoms with Crippen LogP contribution in [0.5, 0.6) is 0 Å². The van der Waals surface area contributed by atoms with Gasteiger partial charge in [-0.3, -0.25) is 10.2 Å². The molecule has 3 N–H and O–H groups in total. The van der Waals surface area contributed by atoms with E-state index in [1.165, 1.54) is 0 Å². The number of amides is 1. The maximum atomic E-state index is 10.9. The molecule has 1 aromatic carbocycles. The highest BCUT2D eigenvalue weighted by molar-refractivity contribution is 5.75. The molecule has 0 bridgehead atoms. The van der Waals surface area contributed by atoms with E-state index in [1.807, 2.05) is 25.2 Å². The van der Waals surface area contributed by atoms with Crippen LogP contribution in [-0.2, 0) is 11.3 Å². The summed E-state index contributed by atoms with van der Waals surface area (Å²) in [5, 5.41) is 8.81. The van der Waals surface area contributed by atoms with Crippen LogP contribution in [0.3, 0.4) is 0 Å². The summed E-state index contributed by atoms with van der Waals surface area (Å²) >= 11 is 0. The van der Waals surface area contributed by atoms with Crippen LogP contribution >= 0.6 is 0 Å². The average molecular weight is 246 g/mol. The Balaban J connectivity index is 2.37. The summed E-state index contributed by atoms with van der Waals surface area (Å²) in [7, 11) is 1.99. The minimum absolute atomic E-state index is 0.144. The van der Waals surface area contributed by atoms with E-state index in [2.05, 4.69) is 16.4 Å². The Morgan fingerprint density at radius 1 is 1.56 bits per heavy atom. The highest BCUT2D eigenvalue weighted by Crippen LogP contribution is 2.07. The molecule has 0 aliphatic rings. The zero-order valence-electron chi connectivity index (χ0n) is 10.5. The Morgan fingerprint density at radius 2 is 2.33 bits per heavy atom. The first kappa shape index (κ1) is 14.2. The molecule has 0 spiro atoms. The van der Waals surface area contributed by atoms with Crippen molar-refractivity contribution in [2.24, 2.45) is 5.84 Å². The highest BCUT2D eigenvalue weighted by atomic mass is 16.2. The van der Waals surface area contributed by atoms with E-state index in [0.717, 1.165) is 25.1 Å². The van der Waals surface area contributed by atoms with Gasteiger partial charge in [0.2, 0.25) is 5.91 Å². The van der Waals surface area contributed by atoms with Gasteiger partial charge in [-0.25, -0.2) is 5.84 Å². The zero-order chi connectivity index (χ0) is 13.4. The van der Waals surface area contributed by atoms with E-state index in [4.69, 9.17) is 11.1 Å². The molecule has 96 valence electrons. The van der Waals surface area contributed by atoms with Crippen LogP contribution in [0.25, 0.3) is 0 Å². The van der Waals surface area contributed by atoms with Gasteiger partial charge in [0.15, 0.2) is 0 Å². The predicted molar refractivity (Wildman–Crippen MR) is 69.1 cm³/mol. The first-order chi connectivity index (χ1) is 8.65. The number of hydrogen-bond acceptors (Lipinski definition) is 4. The lowest BCUT2D eigenvalue weighted by Crippen LogP contribution is -2.30. The normalized spacial score (nSPS) is 10.1. The molecule has 0 aliphatic carbocycles. The third kappa shape index (κ3) is 4.95. The molecule has 1 aromatic rings. The van der Waals surface area contributed by atoms with E-state index < -0.39 is 0 Å². The molecule has 0 saturated heterocycles. The van der Waals surface area contributed by atoms with Gasteiger partial charge in [0, 0.05) is 13.0 Å². The molecule has 0 atom stereocenters. The summed E-state index contributed by atoms with van der Waals surface area (Å²) in [4.78, 5) is 13.1. The molecule has 0 aliphatic heterocycles. The van der Waals surface area contributed by atoms with Crippen LogP contribution in [-0.4, -0.2) is 24.4 Å². The number of hydrogen-bond donors (Lipinski definition) is 2. The van der Waals surface area contributed by atoms with Crippen LogP contribution < -0.4 is 11.3 Å². The lowest BCUT2D eigenvalue weighted by Gasteiger charge is -2.16. The van der Waals surface area contributed by atoms with Crippen molar-refractivity contribution in [3.8, 4) is 6.07 Å². The van der Waals surface area contributed by atoms with Crippen molar-refractivity contribution in [1.29, 1.82) is 5.26 Å². The van der Waals surface area contributed by atoms with E-state index >= 15 is 0 Å². The fourth-order valence-corrected chi connectivity index (χ4v) is 1.71. The fraction of sp³-hybridized carbons (Fsp3) is 0.385. The Bertz CT molecular complexity index is 439. The molecular weight excluding hydrogens is 228 g/mol. The second kappa shape index (κ2) is 7.43. The van der Waals surface area contributed by atoms with Crippen molar-refractivity contribution in [2.75, 3.05) is 13.6 Å². The molecule has 0 radical (unpaired) electrons. The SMILES string of the molecule is CN(CCCC(=O)NN)Cc1cccc(C#N)c1. The van der Waals surface area contributed by atoms with Crippen LogP contribution in [0.4, 0.5) is 0 Å². The molecule has 0 fully saturated rings. The minimum Gasteiger partial charge on any atom is -0.302 e. The van der Waals surface area contributed by atoms with E-state index in [1.54, 1.807) is 6.07 Å². The van der Waals surface area contributed by atoms with Gasteiger partial charge in [-0.2, -0.15) is 5.26 Å². The van der Waals surface area contributed by atoms with Crippen molar-refractivity contribution in [3.63, 3.8) is 0 Å². The van der Waals surface area contributed by atoms with Gasteiger partial charge in [-0.05, 0) is 37.7 Å². The molecule has 5 nitrogen and oxygen atoms in total. The minimum atomic E-state index is -0.144. The number of carbonyl (C=O) groups is 1. The quantitative estimate of drug-likeness (QED) is 0.441. The van der Waals surface area contributed by atoms with Gasteiger partial charge in [-0.15, -0.1) is 0 Å². The number of nitrogens with two attached hydrogens (primary N) is 1. The van der Waals surface area contributed by atoms with Gasteiger partial charge in [-0.1, -0.05) is 12.1 Å². The maximum absolute atomic E-state index is 10.9. The second-order valence-electron chi connectivity index (χ2n) is 4.22. The maximum Gasteiger partial charge on any atom is 0.233 e. The van der Waals surface area contributed by atoms with Crippen LogP contribution in [0.2, 0.25) is 0 Å². The molecule has 1 rings (SSSR count). The summed E-state index contributed by atoms with van der Waals surface area (Å²) in [6.07, 6.45) is 1.19. The number of carbonyl (C=O) groups excluding carboxylic acids is 1. The van der Waals surface area contributed by atoms with Crippen molar-refractivity contribution in [1.82, 2.24) is 10.3 Å². The number of benzene rings is 1. The van der Waals surface area contributed by atoms with Gasteiger partial charge >= 0.3 is 0 Å². The van der Waals surface area contributed by atoms with Gasteiger partial charge < -0.3 is 4.90 Å². The van der Waals surface area contributed by atoms with E-state index in [9.17, 15) is 4.79 Å². The van der Waals surface area contributed by atoms with E-state index in [-0.39, 0.29) is 5.91 Å². The molecule has 0 aromatic heterocycles. The number of nitriles is 1. The fourth-order valence-electron chi connectivity index (χ4n) is 1.71. The number of rotatable bonds is 6. The summed E-state index contributed by atoms with van der Waals surface area (Å²) in [5.41, 5.74) is 3.88. The van der Waals surface area contributed by atoms with Crippen LogP contribution in [0.15, 0.2) is 24.3 Å². The standard InChI is InChI=1S/C13H18N4O/c1-17(7-3-6-13(18)16-15)10-12-5-2-4-11(8-12)9-14/h2,4-5,8H,3,6-7,10,15H2,1H3,(H,16,18). The summed E-state index contributed by atoms with van der Waals surface area (Å²) in [5.74, 6) is 4.86. The molecule has 5 heteroatoms. The van der Waals surface area contributed by atoms with E-state index in [0.29, 0.717) is 12.0 Å². The smallest absolute Gasteiger partial charge is 0.233 e. The van der Waals surface area contributed by atoms with Crippen LogP contribution in [0.1, 0.15) is 24.0 Å². The highest BCUT2D eigenvalue weighted by Gasteiger charge is 2.03. The molecule has 1 amide bonds. The Morgan fingerprint density at radius 3 is 3.00 bits per heavy atom. The first-order valence-electron chi connectivity index (χ1n) is 5.82.